The molecule has 1 fully saturated rings. The molecule has 2 unspecified atom stereocenters. The molecule has 0 spiro atoms. The van der Waals surface area contributed by atoms with E-state index in [4.69, 9.17) is 9.84 Å². The Morgan fingerprint density at radius 1 is 1.15 bits per heavy atom. The van der Waals surface area contributed by atoms with Crippen LogP contribution in [-0.4, -0.2) is 30.2 Å². The van der Waals surface area contributed by atoms with Crippen molar-refractivity contribution in [3.05, 3.63) is 71.3 Å². The Morgan fingerprint density at radius 2 is 1.96 bits per heavy atom. The quantitative estimate of drug-likeness (QED) is 0.798. The van der Waals surface area contributed by atoms with Crippen LogP contribution in [-0.2, 0) is 9.53 Å². The molecule has 1 amide bonds. The van der Waals surface area contributed by atoms with E-state index in [1.807, 2.05) is 48.5 Å². The lowest BCUT2D eigenvalue weighted by Crippen LogP contribution is -2.29. The zero-order valence-corrected chi connectivity index (χ0v) is 14.6. The first-order valence-corrected chi connectivity index (χ1v) is 8.89. The SMILES string of the molecule is O=C(O)CCC(NC(=O)c1cccc(C2CCOC2)c1)c1ccccc1. The summed E-state index contributed by atoms with van der Waals surface area (Å²) in [6, 6.07) is 16.7. The van der Waals surface area contributed by atoms with Crippen molar-refractivity contribution < 1.29 is 19.4 Å². The predicted molar refractivity (Wildman–Crippen MR) is 98.1 cm³/mol. The van der Waals surface area contributed by atoms with Crippen LogP contribution in [0.2, 0.25) is 0 Å². The van der Waals surface area contributed by atoms with Crippen molar-refractivity contribution in [1.29, 1.82) is 0 Å². The summed E-state index contributed by atoms with van der Waals surface area (Å²) in [6.45, 7) is 1.45. The van der Waals surface area contributed by atoms with Crippen LogP contribution in [0.3, 0.4) is 0 Å². The fourth-order valence-electron chi connectivity index (χ4n) is 3.25. The molecule has 5 nitrogen and oxygen atoms in total. The largest absolute Gasteiger partial charge is 0.481 e. The van der Waals surface area contributed by atoms with Gasteiger partial charge in [-0.15, -0.1) is 0 Å². The smallest absolute Gasteiger partial charge is 0.303 e. The van der Waals surface area contributed by atoms with Gasteiger partial charge >= 0.3 is 5.97 Å². The molecule has 2 aromatic carbocycles. The first kappa shape index (κ1) is 18.1. The maximum Gasteiger partial charge on any atom is 0.303 e. The van der Waals surface area contributed by atoms with Gasteiger partial charge in [0, 0.05) is 24.5 Å². The molecule has 136 valence electrons. The monoisotopic (exact) mass is 353 g/mol. The molecule has 1 aliphatic rings. The van der Waals surface area contributed by atoms with Crippen molar-refractivity contribution in [3.63, 3.8) is 0 Å². The number of carboxylic acids is 1. The summed E-state index contributed by atoms with van der Waals surface area (Å²) in [5.41, 5.74) is 2.60. The number of rotatable bonds is 7. The lowest BCUT2D eigenvalue weighted by molar-refractivity contribution is -0.137. The molecule has 0 aliphatic carbocycles. The molecule has 1 saturated heterocycles. The Kier molecular flexibility index (Phi) is 6.02. The summed E-state index contributed by atoms with van der Waals surface area (Å²) in [5.74, 6) is -0.729. The highest BCUT2D eigenvalue weighted by Gasteiger charge is 2.20. The van der Waals surface area contributed by atoms with E-state index in [1.54, 1.807) is 6.07 Å². The highest BCUT2D eigenvalue weighted by Crippen LogP contribution is 2.26. The third-order valence-corrected chi connectivity index (χ3v) is 4.70. The van der Waals surface area contributed by atoms with E-state index in [1.165, 1.54) is 0 Å². The van der Waals surface area contributed by atoms with Crippen molar-refractivity contribution in [3.8, 4) is 0 Å². The van der Waals surface area contributed by atoms with Crippen LogP contribution in [0.5, 0.6) is 0 Å². The number of aliphatic carboxylic acids is 1. The average molecular weight is 353 g/mol. The summed E-state index contributed by atoms with van der Waals surface area (Å²) in [4.78, 5) is 23.7. The number of benzene rings is 2. The van der Waals surface area contributed by atoms with Crippen molar-refractivity contribution in [2.75, 3.05) is 13.2 Å². The van der Waals surface area contributed by atoms with Gasteiger partial charge in [-0.1, -0.05) is 42.5 Å². The van der Waals surface area contributed by atoms with Crippen molar-refractivity contribution in [2.24, 2.45) is 0 Å². The minimum Gasteiger partial charge on any atom is -0.481 e. The zero-order valence-electron chi connectivity index (χ0n) is 14.6. The second kappa shape index (κ2) is 8.63. The number of hydrogen-bond acceptors (Lipinski definition) is 3. The Morgan fingerprint density at radius 3 is 2.65 bits per heavy atom. The van der Waals surface area contributed by atoms with Gasteiger partial charge in [-0.05, 0) is 36.1 Å². The topological polar surface area (TPSA) is 75.6 Å². The summed E-state index contributed by atoms with van der Waals surface area (Å²) >= 11 is 0. The number of carbonyl (C=O) groups excluding carboxylic acids is 1. The average Bonchev–Trinajstić information content (AvgIpc) is 3.20. The van der Waals surface area contributed by atoms with Crippen LogP contribution in [0.1, 0.15) is 52.7 Å². The Hall–Kier alpha value is -2.66. The van der Waals surface area contributed by atoms with E-state index < -0.39 is 5.97 Å². The third kappa shape index (κ3) is 4.70. The highest BCUT2D eigenvalue weighted by molar-refractivity contribution is 5.94. The van der Waals surface area contributed by atoms with Gasteiger partial charge in [-0.2, -0.15) is 0 Å². The molecule has 2 atom stereocenters. The van der Waals surface area contributed by atoms with Crippen LogP contribution >= 0.6 is 0 Å². The van der Waals surface area contributed by atoms with Gasteiger partial charge in [-0.25, -0.2) is 0 Å². The minimum atomic E-state index is -0.872. The van der Waals surface area contributed by atoms with E-state index in [9.17, 15) is 9.59 Å². The summed E-state index contributed by atoms with van der Waals surface area (Å²) in [6.07, 6.45) is 1.32. The first-order valence-electron chi connectivity index (χ1n) is 8.89. The molecule has 0 bridgehead atoms. The van der Waals surface area contributed by atoms with Crippen LogP contribution in [0.25, 0.3) is 0 Å². The number of carboxylic acid groups (broad SMARTS) is 1. The molecular weight excluding hydrogens is 330 g/mol. The Balaban J connectivity index is 1.74. The number of carbonyl (C=O) groups is 2. The Bertz CT molecular complexity index is 754. The van der Waals surface area contributed by atoms with Crippen molar-refractivity contribution >= 4 is 11.9 Å². The molecule has 0 saturated carbocycles. The van der Waals surface area contributed by atoms with Gasteiger partial charge in [0.2, 0.25) is 0 Å². The normalized spacial score (nSPS) is 17.6. The van der Waals surface area contributed by atoms with Gasteiger partial charge in [0.1, 0.15) is 0 Å². The van der Waals surface area contributed by atoms with E-state index in [2.05, 4.69) is 5.32 Å². The molecule has 1 heterocycles. The molecule has 5 heteroatoms. The summed E-state index contributed by atoms with van der Waals surface area (Å²) in [5, 5.41) is 12.0. The minimum absolute atomic E-state index is 0.000701. The molecule has 0 radical (unpaired) electrons. The molecule has 3 rings (SSSR count). The standard InChI is InChI=1S/C21H23NO4/c23-20(24)10-9-19(15-5-2-1-3-6-15)22-21(25)17-8-4-7-16(13-17)18-11-12-26-14-18/h1-8,13,18-19H,9-12,14H2,(H,22,25)(H,23,24). The van der Waals surface area contributed by atoms with E-state index in [-0.39, 0.29) is 18.4 Å². The molecular formula is C21H23NO4. The van der Waals surface area contributed by atoms with E-state index in [0.29, 0.717) is 24.5 Å². The fraction of sp³-hybridized carbons (Fsp3) is 0.333. The lowest BCUT2D eigenvalue weighted by Gasteiger charge is -2.19. The number of amides is 1. The maximum absolute atomic E-state index is 12.8. The van der Waals surface area contributed by atoms with Crippen LogP contribution in [0, 0.1) is 0 Å². The van der Waals surface area contributed by atoms with Crippen LogP contribution in [0.15, 0.2) is 54.6 Å². The van der Waals surface area contributed by atoms with Crippen molar-refractivity contribution in [2.45, 2.75) is 31.2 Å². The van der Waals surface area contributed by atoms with Gasteiger partial charge in [-0.3, -0.25) is 9.59 Å². The predicted octanol–water partition coefficient (Wildman–Crippen LogP) is 3.53. The number of nitrogens with one attached hydrogen (secondary N) is 1. The fourth-order valence-corrected chi connectivity index (χ4v) is 3.25. The summed E-state index contributed by atoms with van der Waals surface area (Å²) < 4.78 is 5.43. The molecule has 2 N–H and O–H groups in total. The van der Waals surface area contributed by atoms with E-state index in [0.717, 1.165) is 24.2 Å². The van der Waals surface area contributed by atoms with Gasteiger partial charge in [0.15, 0.2) is 0 Å². The third-order valence-electron chi connectivity index (χ3n) is 4.70. The van der Waals surface area contributed by atoms with Gasteiger partial charge < -0.3 is 15.2 Å². The van der Waals surface area contributed by atoms with Gasteiger partial charge in [0.05, 0.1) is 12.6 Å². The second-order valence-electron chi connectivity index (χ2n) is 6.56. The lowest BCUT2D eigenvalue weighted by atomic mass is 9.96. The van der Waals surface area contributed by atoms with Crippen LogP contribution in [0.4, 0.5) is 0 Å². The second-order valence-corrected chi connectivity index (χ2v) is 6.56. The molecule has 26 heavy (non-hydrogen) atoms. The highest BCUT2D eigenvalue weighted by atomic mass is 16.5. The van der Waals surface area contributed by atoms with Gasteiger partial charge in [0.25, 0.3) is 5.91 Å². The number of ether oxygens (including phenoxy) is 1. The molecule has 2 aromatic rings. The maximum atomic E-state index is 12.8. The zero-order chi connectivity index (χ0) is 18.4. The first-order chi connectivity index (χ1) is 12.6. The molecule has 1 aliphatic heterocycles. The van der Waals surface area contributed by atoms with Crippen molar-refractivity contribution in [1.82, 2.24) is 5.32 Å². The number of hydrogen-bond donors (Lipinski definition) is 2. The molecule has 0 aromatic heterocycles. The Labute approximate surface area is 153 Å². The van der Waals surface area contributed by atoms with E-state index >= 15 is 0 Å². The summed E-state index contributed by atoms with van der Waals surface area (Å²) in [7, 11) is 0. The van der Waals surface area contributed by atoms with Crippen LogP contribution < -0.4 is 5.32 Å².